The van der Waals surface area contributed by atoms with E-state index in [9.17, 15) is 9.18 Å². The van der Waals surface area contributed by atoms with Crippen LogP contribution in [0.25, 0.3) is 0 Å². The van der Waals surface area contributed by atoms with E-state index in [1.54, 1.807) is 12.1 Å². The van der Waals surface area contributed by atoms with E-state index < -0.39 is 0 Å². The van der Waals surface area contributed by atoms with Gasteiger partial charge in [0.2, 0.25) is 0 Å². The van der Waals surface area contributed by atoms with Gasteiger partial charge in [-0.15, -0.1) is 11.3 Å². The summed E-state index contributed by atoms with van der Waals surface area (Å²) in [7, 11) is 0. The zero-order valence-electron chi connectivity index (χ0n) is 9.24. The number of ketones is 1. The molecule has 0 radical (unpaired) electrons. The van der Waals surface area contributed by atoms with E-state index in [0.29, 0.717) is 17.2 Å². The number of anilines is 2. The van der Waals surface area contributed by atoms with Crippen molar-refractivity contribution in [3.63, 3.8) is 0 Å². The molecule has 1 heterocycles. The van der Waals surface area contributed by atoms with Crippen molar-refractivity contribution in [3.8, 4) is 0 Å². The van der Waals surface area contributed by atoms with Crippen LogP contribution in [0.4, 0.5) is 15.2 Å². The molecule has 17 heavy (non-hydrogen) atoms. The molecule has 0 aliphatic rings. The van der Waals surface area contributed by atoms with Gasteiger partial charge in [-0.1, -0.05) is 6.07 Å². The summed E-state index contributed by atoms with van der Waals surface area (Å²) in [4.78, 5) is 15.2. The van der Waals surface area contributed by atoms with Crippen LogP contribution >= 0.6 is 11.3 Å². The third-order valence-corrected chi connectivity index (χ3v) is 2.86. The van der Waals surface area contributed by atoms with Gasteiger partial charge in [0.15, 0.2) is 5.13 Å². The number of benzene rings is 1. The highest BCUT2D eigenvalue weighted by Gasteiger charge is 2.04. The molecule has 1 aromatic heterocycles. The van der Waals surface area contributed by atoms with Crippen molar-refractivity contribution in [2.75, 3.05) is 5.32 Å². The second kappa shape index (κ2) is 5.05. The molecule has 0 saturated heterocycles. The lowest BCUT2D eigenvalue weighted by Gasteiger charge is -2.01. The molecule has 0 spiro atoms. The van der Waals surface area contributed by atoms with Crippen LogP contribution in [0.2, 0.25) is 0 Å². The number of nitrogens with one attached hydrogen (secondary N) is 1. The fourth-order valence-electron chi connectivity index (χ4n) is 1.39. The molecule has 2 aromatic rings. The van der Waals surface area contributed by atoms with Crippen LogP contribution in [0, 0.1) is 5.82 Å². The number of carbonyl (C=O) groups excluding carboxylic acids is 1. The molecule has 0 atom stereocenters. The van der Waals surface area contributed by atoms with Crippen LogP contribution in [0.15, 0.2) is 29.6 Å². The molecular formula is C12H11FN2OS. The fraction of sp³-hybridized carbons (Fsp3) is 0.167. The van der Waals surface area contributed by atoms with Gasteiger partial charge in [-0.3, -0.25) is 4.79 Å². The Bertz CT molecular complexity index is 539. The van der Waals surface area contributed by atoms with Gasteiger partial charge in [0, 0.05) is 17.5 Å². The van der Waals surface area contributed by atoms with Crippen LogP contribution in [0.5, 0.6) is 0 Å². The van der Waals surface area contributed by atoms with E-state index in [1.807, 2.05) is 5.38 Å². The fourth-order valence-corrected chi connectivity index (χ4v) is 2.12. The van der Waals surface area contributed by atoms with E-state index >= 15 is 0 Å². The third-order valence-electron chi connectivity index (χ3n) is 2.06. The SMILES string of the molecule is CC(=O)Cc1csc(Nc2cccc(F)c2)n1. The Hall–Kier alpha value is -1.75. The molecular weight excluding hydrogens is 239 g/mol. The summed E-state index contributed by atoms with van der Waals surface area (Å²) in [6.45, 7) is 1.53. The van der Waals surface area contributed by atoms with E-state index in [0.717, 1.165) is 5.69 Å². The van der Waals surface area contributed by atoms with Gasteiger partial charge in [0.1, 0.15) is 11.6 Å². The minimum atomic E-state index is -0.296. The van der Waals surface area contributed by atoms with E-state index in [4.69, 9.17) is 0 Å². The monoisotopic (exact) mass is 250 g/mol. The Kier molecular flexibility index (Phi) is 3.49. The zero-order valence-corrected chi connectivity index (χ0v) is 10.1. The number of Topliss-reactive ketones (excluding diaryl/α,β-unsaturated/α-hetero) is 1. The molecule has 0 saturated carbocycles. The van der Waals surface area contributed by atoms with Crippen molar-refractivity contribution < 1.29 is 9.18 Å². The van der Waals surface area contributed by atoms with Crippen molar-refractivity contribution >= 4 is 27.9 Å². The van der Waals surface area contributed by atoms with Crippen LogP contribution in [-0.2, 0) is 11.2 Å². The summed E-state index contributed by atoms with van der Waals surface area (Å²) in [5, 5.41) is 5.48. The van der Waals surface area contributed by atoms with E-state index in [-0.39, 0.29) is 11.6 Å². The molecule has 1 N–H and O–H groups in total. The summed E-state index contributed by atoms with van der Waals surface area (Å²) in [5.74, 6) is -0.219. The first-order chi connectivity index (χ1) is 8.13. The van der Waals surface area contributed by atoms with Crippen LogP contribution in [0.1, 0.15) is 12.6 Å². The average Bonchev–Trinajstić information content (AvgIpc) is 2.64. The number of thiazole rings is 1. The third kappa shape index (κ3) is 3.35. The number of hydrogen-bond acceptors (Lipinski definition) is 4. The minimum absolute atomic E-state index is 0.0765. The minimum Gasteiger partial charge on any atom is -0.331 e. The predicted molar refractivity (Wildman–Crippen MR) is 66.2 cm³/mol. The number of hydrogen-bond donors (Lipinski definition) is 1. The van der Waals surface area contributed by atoms with Gasteiger partial charge >= 0.3 is 0 Å². The Morgan fingerprint density at radius 2 is 2.35 bits per heavy atom. The molecule has 88 valence electrons. The average molecular weight is 250 g/mol. The normalized spacial score (nSPS) is 10.2. The van der Waals surface area contributed by atoms with E-state index in [2.05, 4.69) is 10.3 Å². The maximum atomic E-state index is 12.9. The summed E-state index contributed by atoms with van der Waals surface area (Å²) in [5.41, 5.74) is 1.38. The Labute approximate surface area is 102 Å². The molecule has 1 aromatic carbocycles. The summed E-state index contributed by atoms with van der Waals surface area (Å²) < 4.78 is 12.9. The van der Waals surface area contributed by atoms with Crippen LogP contribution in [0.3, 0.4) is 0 Å². The molecule has 0 unspecified atom stereocenters. The Balaban J connectivity index is 2.08. The van der Waals surface area contributed by atoms with Crippen LogP contribution < -0.4 is 5.32 Å². The van der Waals surface area contributed by atoms with Gasteiger partial charge in [-0.2, -0.15) is 0 Å². The molecule has 0 fully saturated rings. The smallest absolute Gasteiger partial charge is 0.187 e. The summed E-state index contributed by atoms with van der Waals surface area (Å²) in [6, 6.07) is 6.16. The van der Waals surface area contributed by atoms with Crippen molar-refractivity contribution in [3.05, 3.63) is 41.2 Å². The first kappa shape index (κ1) is 11.7. The lowest BCUT2D eigenvalue weighted by molar-refractivity contribution is -0.116. The van der Waals surface area contributed by atoms with Gasteiger partial charge in [0.05, 0.1) is 5.69 Å². The van der Waals surface area contributed by atoms with Crippen LogP contribution in [-0.4, -0.2) is 10.8 Å². The quantitative estimate of drug-likeness (QED) is 0.906. The molecule has 0 bridgehead atoms. The molecule has 0 aliphatic heterocycles. The van der Waals surface area contributed by atoms with Gasteiger partial charge in [-0.05, 0) is 25.1 Å². The van der Waals surface area contributed by atoms with Crippen molar-refractivity contribution in [2.45, 2.75) is 13.3 Å². The predicted octanol–water partition coefficient (Wildman–Crippen LogP) is 3.16. The number of nitrogens with zero attached hydrogens (tertiary/aromatic N) is 1. The second-order valence-electron chi connectivity index (χ2n) is 3.66. The van der Waals surface area contributed by atoms with Gasteiger partial charge in [0.25, 0.3) is 0 Å². The number of halogens is 1. The topological polar surface area (TPSA) is 42.0 Å². The first-order valence-electron chi connectivity index (χ1n) is 5.10. The standard InChI is InChI=1S/C12H11FN2OS/c1-8(16)5-11-7-17-12(15-11)14-10-4-2-3-9(13)6-10/h2-4,6-7H,5H2,1H3,(H,14,15). The van der Waals surface area contributed by atoms with Crippen molar-refractivity contribution in [2.24, 2.45) is 0 Å². The largest absolute Gasteiger partial charge is 0.331 e. The lowest BCUT2D eigenvalue weighted by Crippen LogP contribution is -1.97. The highest BCUT2D eigenvalue weighted by molar-refractivity contribution is 7.13. The van der Waals surface area contributed by atoms with E-state index in [1.165, 1.54) is 30.4 Å². The van der Waals surface area contributed by atoms with Crippen molar-refractivity contribution in [1.82, 2.24) is 4.98 Å². The maximum absolute atomic E-state index is 12.9. The summed E-state index contributed by atoms with van der Waals surface area (Å²) >= 11 is 1.40. The highest BCUT2D eigenvalue weighted by atomic mass is 32.1. The molecule has 3 nitrogen and oxygen atoms in total. The molecule has 0 aliphatic carbocycles. The number of carbonyl (C=O) groups is 1. The summed E-state index contributed by atoms with van der Waals surface area (Å²) in [6.07, 6.45) is 0.335. The lowest BCUT2D eigenvalue weighted by atomic mass is 10.3. The second-order valence-corrected chi connectivity index (χ2v) is 4.52. The molecule has 5 heteroatoms. The van der Waals surface area contributed by atoms with Gasteiger partial charge in [-0.25, -0.2) is 9.37 Å². The van der Waals surface area contributed by atoms with Gasteiger partial charge < -0.3 is 5.32 Å². The Morgan fingerprint density at radius 1 is 1.53 bits per heavy atom. The number of aromatic nitrogens is 1. The molecule has 0 amide bonds. The maximum Gasteiger partial charge on any atom is 0.187 e. The highest BCUT2D eigenvalue weighted by Crippen LogP contribution is 2.21. The van der Waals surface area contributed by atoms with Crippen molar-refractivity contribution in [1.29, 1.82) is 0 Å². The zero-order chi connectivity index (χ0) is 12.3. The Morgan fingerprint density at radius 3 is 3.06 bits per heavy atom. The molecule has 2 rings (SSSR count). The first-order valence-corrected chi connectivity index (χ1v) is 5.98. The number of rotatable bonds is 4.